The van der Waals surface area contributed by atoms with Crippen molar-refractivity contribution in [1.82, 2.24) is 29.6 Å². The van der Waals surface area contributed by atoms with E-state index in [4.69, 9.17) is 0 Å². The smallest absolute Gasteiger partial charge is 0.290 e. The summed E-state index contributed by atoms with van der Waals surface area (Å²) in [7, 11) is 1.97. The SMILES string of the molecule is Cn1c(CCNC(=O)c2ncn(CC(O)c3ccccc3)n2)nc2ccccc21. The highest BCUT2D eigenvalue weighted by Gasteiger charge is 2.14. The van der Waals surface area contributed by atoms with Gasteiger partial charge in [-0.25, -0.2) is 14.6 Å². The molecule has 4 aromatic rings. The minimum Gasteiger partial charge on any atom is -0.386 e. The molecular weight excluding hydrogens is 368 g/mol. The van der Waals surface area contributed by atoms with E-state index in [0.717, 1.165) is 22.4 Å². The number of aliphatic hydroxyl groups is 1. The van der Waals surface area contributed by atoms with Gasteiger partial charge in [0.15, 0.2) is 0 Å². The Balaban J connectivity index is 1.32. The molecule has 29 heavy (non-hydrogen) atoms. The zero-order chi connectivity index (χ0) is 20.2. The van der Waals surface area contributed by atoms with Crippen molar-refractivity contribution in [1.29, 1.82) is 0 Å². The first-order valence-electron chi connectivity index (χ1n) is 9.43. The third-order valence-electron chi connectivity index (χ3n) is 4.80. The molecule has 1 unspecified atom stereocenters. The highest BCUT2D eigenvalue weighted by molar-refractivity contribution is 5.90. The maximum Gasteiger partial charge on any atom is 0.290 e. The topological polar surface area (TPSA) is 97.9 Å². The standard InChI is InChI=1S/C21H22N6O2/c1-26-17-10-6-5-9-16(17)24-19(26)11-12-22-21(29)20-23-14-27(25-20)13-18(28)15-7-3-2-4-8-15/h2-10,14,18,28H,11-13H2,1H3,(H,22,29). The van der Waals surface area contributed by atoms with Crippen LogP contribution in [0.2, 0.25) is 0 Å². The summed E-state index contributed by atoms with van der Waals surface area (Å²) < 4.78 is 3.50. The van der Waals surface area contributed by atoms with Crippen LogP contribution in [0.5, 0.6) is 0 Å². The molecule has 2 heterocycles. The number of aromatic nitrogens is 5. The third kappa shape index (κ3) is 4.17. The van der Waals surface area contributed by atoms with Crippen molar-refractivity contribution in [3.8, 4) is 0 Å². The van der Waals surface area contributed by atoms with E-state index in [1.807, 2.05) is 66.2 Å². The van der Waals surface area contributed by atoms with E-state index in [0.29, 0.717) is 13.0 Å². The van der Waals surface area contributed by atoms with Crippen LogP contribution in [0.4, 0.5) is 0 Å². The highest BCUT2D eigenvalue weighted by atomic mass is 16.3. The molecule has 8 nitrogen and oxygen atoms in total. The Morgan fingerprint density at radius 3 is 2.69 bits per heavy atom. The Hall–Kier alpha value is -3.52. The molecule has 0 radical (unpaired) electrons. The summed E-state index contributed by atoms with van der Waals surface area (Å²) in [6.07, 6.45) is 1.34. The summed E-state index contributed by atoms with van der Waals surface area (Å²) in [5, 5.41) is 17.3. The number of nitrogens with one attached hydrogen (secondary N) is 1. The molecule has 0 spiro atoms. The van der Waals surface area contributed by atoms with Gasteiger partial charge in [0.1, 0.15) is 12.2 Å². The molecular formula is C21H22N6O2. The molecule has 148 valence electrons. The number of imidazole rings is 1. The van der Waals surface area contributed by atoms with Gasteiger partial charge in [-0.15, -0.1) is 5.10 Å². The first-order chi connectivity index (χ1) is 14.1. The molecule has 4 rings (SSSR count). The molecule has 2 aromatic carbocycles. The predicted octanol–water partition coefficient (Wildman–Crippen LogP) is 1.87. The maximum atomic E-state index is 12.3. The number of hydrogen-bond acceptors (Lipinski definition) is 5. The van der Waals surface area contributed by atoms with Gasteiger partial charge < -0.3 is 15.0 Å². The number of aliphatic hydroxyl groups excluding tert-OH is 1. The molecule has 0 bridgehead atoms. The number of rotatable bonds is 7. The molecule has 0 saturated carbocycles. The molecule has 1 atom stereocenters. The maximum absolute atomic E-state index is 12.3. The molecule has 0 saturated heterocycles. The Morgan fingerprint density at radius 1 is 1.14 bits per heavy atom. The van der Waals surface area contributed by atoms with Crippen LogP contribution < -0.4 is 5.32 Å². The molecule has 2 aromatic heterocycles. The van der Waals surface area contributed by atoms with Crippen LogP contribution in [-0.4, -0.2) is 41.9 Å². The van der Waals surface area contributed by atoms with Gasteiger partial charge >= 0.3 is 0 Å². The van der Waals surface area contributed by atoms with Crippen molar-refractivity contribution in [3.63, 3.8) is 0 Å². The first-order valence-corrected chi connectivity index (χ1v) is 9.43. The van der Waals surface area contributed by atoms with Crippen molar-refractivity contribution >= 4 is 16.9 Å². The van der Waals surface area contributed by atoms with E-state index in [1.165, 1.54) is 11.0 Å². The predicted molar refractivity (Wildman–Crippen MR) is 108 cm³/mol. The second-order valence-corrected chi connectivity index (χ2v) is 6.80. The number of amides is 1. The minimum absolute atomic E-state index is 0.0789. The number of carbonyl (C=O) groups excluding carboxylic acids is 1. The zero-order valence-corrected chi connectivity index (χ0v) is 16.1. The Morgan fingerprint density at radius 2 is 1.90 bits per heavy atom. The normalized spacial score (nSPS) is 12.2. The number of nitrogens with zero attached hydrogens (tertiary/aromatic N) is 5. The molecule has 2 N–H and O–H groups in total. The van der Waals surface area contributed by atoms with Gasteiger partial charge in [0.2, 0.25) is 5.82 Å². The van der Waals surface area contributed by atoms with E-state index in [9.17, 15) is 9.90 Å². The molecule has 0 aliphatic rings. The lowest BCUT2D eigenvalue weighted by molar-refractivity contribution is 0.0941. The lowest BCUT2D eigenvalue weighted by Gasteiger charge is -2.10. The van der Waals surface area contributed by atoms with Gasteiger partial charge in [0.25, 0.3) is 5.91 Å². The fraction of sp³-hybridized carbons (Fsp3) is 0.238. The summed E-state index contributed by atoms with van der Waals surface area (Å²) in [5.41, 5.74) is 2.79. The van der Waals surface area contributed by atoms with Crippen molar-refractivity contribution in [3.05, 3.63) is 78.1 Å². The fourth-order valence-corrected chi connectivity index (χ4v) is 3.23. The van der Waals surface area contributed by atoms with E-state index < -0.39 is 6.10 Å². The molecule has 0 aliphatic carbocycles. The average Bonchev–Trinajstić information content (AvgIpc) is 3.34. The Bertz CT molecular complexity index is 1120. The molecule has 1 amide bonds. The van der Waals surface area contributed by atoms with Crippen molar-refractivity contribution in [2.45, 2.75) is 19.1 Å². The van der Waals surface area contributed by atoms with Crippen LogP contribution in [0.15, 0.2) is 60.9 Å². The van der Waals surface area contributed by atoms with E-state index in [2.05, 4.69) is 20.4 Å². The number of para-hydroxylation sites is 2. The second-order valence-electron chi connectivity index (χ2n) is 6.80. The van der Waals surface area contributed by atoms with E-state index in [1.54, 1.807) is 0 Å². The number of carbonyl (C=O) groups is 1. The van der Waals surface area contributed by atoms with E-state index in [-0.39, 0.29) is 18.3 Å². The second kappa shape index (κ2) is 8.24. The largest absolute Gasteiger partial charge is 0.386 e. The van der Waals surface area contributed by atoms with E-state index >= 15 is 0 Å². The summed E-state index contributed by atoms with van der Waals surface area (Å²) in [5.74, 6) is 0.628. The summed E-state index contributed by atoms with van der Waals surface area (Å²) in [4.78, 5) is 21.0. The number of hydrogen-bond donors (Lipinski definition) is 2. The highest BCUT2D eigenvalue weighted by Crippen LogP contribution is 2.15. The van der Waals surface area contributed by atoms with Gasteiger partial charge in [-0.1, -0.05) is 42.5 Å². The van der Waals surface area contributed by atoms with Gasteiger partial charge in [-0.05, 0) is 17.7 Å². The zero-order valence-electron chi connectivity index (χ0n) is 16.1. The molecule has 0 aliphatic heterocycles. The minimum atomic E-state index is -0.716. The van der Waals surface area contributed by atoms with Crippen LogP contribution >= 0.6 is 0 Å². The lowest BCUT2D eigenvalue weighted by Crippen LogP contribution is -2.27. The summed E-state index contributed by atoms with van der Waals surface area (Å²) in [6.45, 7) is 0.654. The van der Waals surface area contributed by atoms with Crippen LogP contribution in [-0.2, 0) is 20.0 Å². The lowest BCUT2D eigenvalue weighted by atomic mass is 10.1. The van der Waals surface area contributed by atoms with Crippen molar-refractivity contribution in [2.24, 2.45) is 7.05 Å². The van der Waals surface area contributed by atoms with Gasteiger partial charge in [-0.2, -0.15) is 0 Å². The van der Waals surface area contributed by atoms with Crippen LogP contribution in [0.25, 0.3) is 11.0 Å². The van der Waals surface area contributed by atoms with Crippen molar-refractivity contribution < 1.29 is 9.90 Å². The van der Waals surface area contributed by atoms with Crippen LogP contribution in [0.1, 0.15) is 28.1 Å². The number of benzene rings is 2. The Kier molecular flexibility index (Phi) is 5.35. The number of fused-ring (bicyclic) bond motifs is 1. The monoisotopic (exact) mass is 390 g/mol. The van der Waals surface area contributed by atoms with Gasteiger partial charge in [0.05, 0.1) is 23.7 Å². The third-order valence-corrected chi connectivity index (χ3v) is 4.80. The van der Waals surface area contributed by atoms with Crippen LogP contribution in [0, 0.1) is 0 Å². The first kappa shape index (κ1) is 18.8. The van der Waals surface area contributed by atoms with Crippen molar-refractivity contribution in [2.75, 3.05) is 6.54 Å². The van der Waals surface area contributed by atoms with Gasteiger partial charge in [0, 0.05) is 20.0 Å². The number of aryl methyl sites for hydroxylation is 1. The summed E-state index contributed by atoms with van der Waals surface area (Å²) >= 11 is 0. The quantitative estimate of drug-likeness (QED) is 0.502. The molecule has 0 fully saturated rings. The summed E-state index contributed by atoms with van der Waals surface area (Å²) in [6, 6.07) is 17.2. The average molecular weight is 390 g/mol. The van der Waals surface area contributed by atoms with Crippen LogP contribution in [0.3, 0.4) is 0 Å². The fourth-order valence-electron chi connectivity index (χ4n) is 3.23. The Labute approximate surface area is 167 Å². The van der Waals surface area contributed by atoms with Gasteiger partial charge in [-0.3, -0.25) is 4.79 Å². The molecule has 8 heteroatoms.